The first-order chi connectivity index (χ1) is 6.09. The van der Waals surface area contributed by atoms with Crippen molar-refractivity contribution in [1.82, 2.24) is 0 Å². The van der Waals surface area contributed by atoms with Gasteiger partial charge in [0.2, 0.25) is 0 Å². The first-order valence-electron chi connectivity index (χ1n) is 3.39. The Kier molecular flexibility index (Phi) is 6.24. The molecule has 6 heteroatoms. The van der Waals surface area contributed by atoms with Crippen molar-refractivity contribution in [3.8, 4) is 5.75 Å². The van der Waals surface area contributed by atoms with Crippen LogP contribution < -0.4 is 4.74 Å². The molecule has 0 unspecified atom stereocenters. The largest absolute Gasteiger partial charge is 0.480 e. The van der Waals surface area contributed by atoms with Gasteiger partial charge in [-0.1, -0.05) is 23.2 Å². The molecule has 0 bridgehead atoms. The van der Waals surface area contributed by atoms with Crippen molar-refractivity contribution in [3.05, 3.63) is 28.2 Å². The maximum absolute atomic E-state index is 10.2. The zero-order valence-corrected chi connectivity index (χ0v) is 10.4. The smallest absolute Gasteiger partial charge is 0.341 e. The zero-order chi connectivity index (χ0) is 9.84. The molecule has 0 saturated carbocycles. The van der Waals surface area contributed by atoms with Crippen LogP contribution in [-0.2, 0) is 27.2 Å². The maximum Gasteiger partial charge on any atom is 0.341 e. The summed E-state index contributed by atoms with van der Waals surface area (Å²) in [5, 5.41) is 9.11. The zero-order valence-electron chi connectivity index (χ0n) is 6.76. The number of carboxylic acid groups (broad SMARTS) is 1. The van der Waals surface area contributed by atoms with Crippen LogP contribution in [0.3, 0.4) is 0 Å². The first-order valence-corrected chi connectivity index (χ1v) is 4.15. The summed E-state index contributed by atoms with van der Waals surface area (Å²) < 4.78 is 4.86. The number of benzene rings is 1. The Morgan fingerprint density at radius 2 is 2.07 bits per heavy atom. The molecule has 0 aliphatic heterocycles. The summed E-state index contributed by atoms with van der Waals surface area (Å²) in [5.74, 6) is -0.737. The van der Waals surface area contributed by atoms with Crippen LogP contribution in [0.2, 0.25) is 10.0 Å². The number of halogens is 2. The fourth-order valence-corrected chi connectivity index (χ4v) is 1.19. The number of carbonyl (C=O) groups is 1. The van der Waals surface area contributed by atoms with Gasteiger partial charge in [0.1, 0.15) is 5.75 Å². The molecule has 0 saturated heterocycles. The van der Waals surface area contributed by atoms with E-state index < -0.39 is 12.6 Å². The summed E-state index contributed by atoms with van der Waals surface area (Å²) in [5.41, 5.74) is 0. The molecule has 0 atom stereocenters. The minimum Gasteiger partial charge on any atom is -0.480 e. The molecule has 1 radical (unpaired) electrons. The number of hydrogen-bond acceptors (Lipinski definition) is 2. The van der Waals surface area contributed by atoms with Gasteiger partial charge in [-0.3, -0.25) is 0 Å². The maximum atomic E-state index is 10.2. The molecule has 14 heavy (non-hydrogen) atoms. The van der Waals surface area contributed by atoms with E-state index in [4.69, 9.17) is 33.0 Å². The number of hydrogen-bond donors (Lipinski definition) is 1. The quantitative estimate of drug-likeness (QED) is 0.768. The third kappa shape index (κ3) is 4.35. The van der Waals surface area contributed by atoms with E-state index in [1.165, 1.54) is 12.1 Å². The average molecular weight is 418 g/mol. The Bertz CT molecular complexity index is 330. The predicted molar refractivity (Wildman–Crippen MR) is 49.6 cm³/mol. The molecular weight excluding hydrogens is 412 g/mol. The van der Waals surface area contributed by atoms with Gasteiger partial charge >= 0.3 is 5.97 Å². The summed E-state index contributed by atoms with van der Waals surface area (Å²) in [6.07, 6.45) is 0. The number of aliphatic carboxylic acids is 1. The van der Waals surface area contributed by atoms with Crippen LogP contribution in [0, 0.1) is 0 Å². The molecule has 1 aromatic carbocycles. The van der Waals surface area contributed by atoms with Crippen LogP contribution in [0.5, 0.6) is 5.75 Å². The predicted octanol–water partition coefficient (Wildman–Crippen LogP) is 2.45. The molecule has 0 spiro atoms. The summed E-state index contributed by atoms with van der Waals surface area (Å²) in [6, 6.07) is 4.58. The molecule has 0 aliphatic rings. The molecule has 1 rings (SSSR count). The number of carboxylic acids is 1. The summed E-state index contributed by atoms with van der Waals surface area (Å²) in [7, 11) is 0. The fourth-order valence-electron chi connectivity index (χ4n) is 0.732. The van der Waals surface area contributed by atoms with Crippen molar-refractivity contribution >= 4 is 29.2 Å². The standard InChI is InChI=1S/C8H6Cl2O3.Au/c9-5-1-2-7(6(10)3-5)13-4-8(11)12;/h1-3H,4H2,(H,11,12);. The van der Waals surface area contributed by atoms with E-state index in [-0.39, 0.29) is 22.4 Å². The third-order valence-electron chi connectivity index (χ3n) is 1.25. The van der Waals surface area contributed by atoms with Crippen molar-refractivity contribution in [2.45, 2.75) is 0 Å². The molecule has 0 aromatic heterocycles. The van der Waals surface area contributed by atoms with Crippen molar-refractivity contribution in [1.29, 1.82) is 0 Å². The van der Waals surface area contributed by atoms with Crippen molar-refractivity contribution in [3.63, 3.8) is 0 Å². The second-order valence-electron chi connectivity index (χ2n) is 2.26. The van der Waals surface area contributed by atoms with Gasteiger partial charge in [-0.15, -0.1) is 0 Å². The molecule has 0 amide bonds. The molecule has 0 heterocycles. The second kappa shape index (κ2) is 6.32. The van der Waals surface area contributed by atoms with E-state index in [1.807, 2.05) is 0 Å². The number of ether oxygens (including phenoxy) is 1. The average Bonchev–Trinajstić information content (AvgIpc) is 2.02. The molecule has 1 N–H and O–H groups in total. The molecule has 1 aromatic rings. The van der Waals surface area contributed by atoms with E-state index in [2.05, 4.69) is 0 Å². The van der Waals surface area contributed by atoms with Gasteiger partial charge in [0.05, 0.1) is 5.02 Å². The van der Waals surface area contributed by atoms with E-state index in [0.29, 0.717) is 15.8 Å². The Labute approximate surface area is 106 Å². The SMILES string of the molecule is O=C(O)COc1ccc(Cl)cc1Cl.[Au]. The Hall–Kier alpha value is -0.190. The number of rotatable bonds is 3. The van der Waals surface area contributed by atoms with Gasteiger partial charge in [0.25, 0.3) is 0 Å². The van der Waals surface area contributed by atoms with Gasteiger partial charge in [-0.25, -0.2) is 4.79 Å². The fraction of sp³-hybridized carbons (Fsp3) is 0.125. The van der Waals surface area contributed by atoms with Crippen molar-refractivity contribution in [2.75, 3.05) is 6.61 Å². The van der Waals surface area contributed by atoms with E-state index in [1.54, 1.807) is 6.07 Å². The van der Waals surface area contributed by atoms with Gasteiger partial charge in [0.15, 0.2) is 6.61 Å². The molecule has 0 fully saturated rings. The minimum absolute atomic E-state index is 0. The van der Waals surface area contributed by atoms with Crippen LogP contribution in [0.15, 0.2) is 18.2 Å². The Balaban J connectivity index is 0.00000169. The summed E-state index contributed by atoms with van der Waals surface area (Å²) in [4.78, 5) is 10.2. The first kappa shape index (κ1) is 13.8. The normalized spacial score (nSPS) is 9.00. The Morgan fingerprint density at radius 1 is 1.43 bits per heavy atom. The van der Waals surface area contributed by atoms with Crippen LogP contribution in [0.4, 0.5) is 0 Å². The van der Waals surface area contributed by atoms with Gasteiger partial charge in [-0.2, -0.15) is 0 Å². The topological polar surface area (TPSA) is 46.5 Å². The van der Waals surface area contributed by atoms with Gasteiger partial charge in [-0.05, 0) is 18.2 Å². The molecular formula is C8H6AuCl2O3. The molecule has 81 valence electrons. The van der Waals surface area contributed by atoms with Crippen molar-refractivity contribution in [2.24, 2.45) is 0 Å². The van der Waals surface area contributed by atoms with E-state index in [0.717, 1.165) is 0 Å². The molecule has 0 aliphatic carbocycles. The van der Waals surface area contributed by atoms with E-state index in [9.17, 15) is 4.79 Å². The van der Waals surface area contributed by atoms with Gasteiger partial charge in [0, 0.05) is 27.4 Å². The monoisotopic (exact) mass is 417 g/mol. The minimum atomic E-state index is -1.05. The second-order valence-corrected chi connectivity index (χ2v) is 3.10. The summed E-state index contributed by atoms with van der Waals surface area (Å²) >= 11 is 11.3. The van der Waals surface area contributed by atoms with E-state index >= 15 is 0 Å². The summed E-state index contributed by atoms with van der Waals surface area (Å²) in [6.45, 7) is -0.415. The van der Waals surface area contributed by atoms with Gasteiger partial charge < -0.3 is 9.84 Å². The van der Waals surface area contributed by atoms with Crippen molar-refractivity contribution < 1.29 is 37.0 Å². The molecule has 3 nitrogen and oxygen atoms in total. The van der Waals surface area contributed by atoms with Crippen LogP contribution in [0.1, 0.15) is 0 Å². The van der Waals surface area contributed by atoms with Crippen LogP contribution in [0.25, 0.3) is 0 Å². The van der Waals surface area contributed by atoms with Crippen LogP contribution >= 0.6 is 23.2 Å². The third-order valence-corrected chi connectivity index (χ3v) is 1.78. The van der Waals surface area contributed by atoms with Crippen LogP contribution in [-0.4, -0.2) is 17.7 Å². The Morgan fingerprint density at radius 3 is 2.57 bits per heavy atom.